The summed E-state index contributed by atoms with van der Waals surface area (Å²) in [6.07, 6.45) is 3.90. The largest absolute Gasteiger partial charge is 0.370 e. The summed E-state index contributed by atoms with van der Waals surface area (Å²) in [6, 6.07) is 12.1. The molecule has 0 spiro atoms. The monoisotopic (exact) mass is 393 g/mol. The van der Waals surface area contributed by atoms with Crippen molar-refractivity contribution < 1.29 is 4.79 Å². The third kappa shape index (κ3) is 3.60. The van der Waals surface area contributed by atoms with Gasteiger partial charge in [0.05, 0.1) is 5.69 Å². The molecule has 2 aliphatic rings. The molecule has 0 unspecified atom stereocenters. The average molecular weight is 394 g/mol. The highest BCUT2D eigenvalue weighted by Gasteiger charge is 2.22. The maximum absolute atomic E-state index is 12.3. The van der Waals surface area contributed by atoms with Gasteiger partial charge in [-0.25, -0.2) is 0 Å². The van der Waals surface area contributed by atoms with Gasteiger partial charge < -0.3 is 19.7 Å². The van der Waals surface area contributed by atoms with Crippen LogP contribution in [0.2, 0.25) is 0 Å². The number of hydrogen-bond acceptors (Lipinski definition) is 5. The van der Waals surface area contributed by atoms with Crippen LogP contribution in [0.4, 0.5) is 11.4 Å². The highest BCUT2D eigenvalue weighted by Crippen LogP contribution is 2.24. The van der Waals surface area contributed by atoms with Crippen molar-refractivity contribution >= 4 is 29.5 Å². The molecule has 2 fully saturated rings. The highest BCUT2D eigenvalue weighted by molar-refractivity contribution is 7.71. The average Bonchev–Trinajstić information content (AvgIpc) is 2.92. The molecule has 1 aromatic carbocycles. The second-order valence-corrected chi connectivity index (χ2v) is 7.61. The minimum absolute atomic E-state index is 0.129. The van der Waals surface area contributed by atoms with Crippen LogP contribution in [0.1, 0.15) is 28.8 Å². The van der Waals surface area contributed by atoms with E-state index in [0.717, 1.165) is 69.0 Å². The van der Waals surface area contributed by atoms with Crippen LogP contribution < -0.4 is 9.80 Å². The van der Waals surface area contributed by atoms with E-state index >= 15 is 0 Å². The minimum atomic E-state index is 0.129. The molecule has 7 heteroatoms. The standard InChI is InChI=1S/C21H23N5OS/c22-15-18-19(7-8-23-20(18)28)25-10-1-9-24(13-14-25)17-5-3-16(4-6-17)21(27)26-11-2-12-26/h3-8H,1-2,9-14H2,(H,23,28). The maximum atomic E-state index is 12.3. The predicted molar refractivity (Wildman–Crippen MR) is 112 cm³/mol. The Morgan fingerprint density at radius 3 is 2.32 bits per heavy atom. The first kappa shape index (κ1) is 18.5. The Morgan fingerprint density at radius 1 is 0.964 bits per heavy atom. The molecule has 144 valence electrons. The molecule has 28 heavy (non-hydrogen) atoms. The van der Waals surface area contributed by atoms with Gasteiger partial charge in [-0.3, -0.25) is 4.79 Å². The van der Waals surface area contributed by atoms with Crippen molar-refractivity contribution in [3.63, 3.8) is 0 Å². The smallest absolute Gasteiger partial charge is 0.253 e. The summed E-state index contributed by atoms with van der Waals surface area (Å²) in [5.41, 5.74) is 3.34. The molecule has 1 N–H and O–H groups in total. The number of carbonyl (C=O) groups is 1. The SMILES string of the molecule is N#Cc1c(N2CCCN(c3ccc(C(=O)N4CCC4)cc3)CC2)cc[nH]c1=S. The zero-order valence-electron chi connectivity index (χ0n) is 15.7. The van der Waals surface area contributed by atoms with E-state index in [4.69, 9.17) is 12.2 Å². The molecule has 2 aromatic rings. The van der Waals surface area contributed by atoms with Gasteiger partial charge in [-0.1, -0.05) is 12.2 Å². The van der Waals surface area contributed by atoms with Crippen LogP contribution in [0.25, 0.3) is 0 Å². The third-order valence-electron chi connectivity index (χ3n) is 5.51. The van der Waals surface area contributed by atoms with E-state index in [-0.39, 0.29) is 5.91 Å². The van der Waals surface area contributed by atoms with Crippen LogP contribution in [0, 0.1) is 16.0 Å². The van der Waals surface area contributed by atoms with Gasteiger partial charge in [0.1, 0.15) is 16.3 Å². The second kappa shape index (κ2) is 8.03. The van der Waals surface area contributed by atoms with Crippen LogP contribution in [0.5, 0.6) is 0 Å². The lowest BCUT2D eigenvalue weighted by Gasteiger charge is -2.31. The number of nitrogens with one attached hydrogen (secondary N) is 1. The number of aromatic amines is 1. The summed E-state index contributed by atoms with van der Waals surface area (Å²) >= 11 is 5.26. The van der Waals surface area contributed by atoms with E-state index in [0.29, 0.717) is 10.2 Å². The van der Waals surface area contributed by atoms with Crippen molar-refractivity contribution in [2.24, 2.45) is 0 Å². The predicted octanol–water partition coefficient (Wildman–Crippen LogP) is 3.18. The molecule has 0 aliphatic carbocycles. The minimum Gasteiger partial charge on any atom is -0.370 e. The number of hydrogen-bond donors (Lipinski definition) is 1. The Kier molecular flexibility index (Phi) is 5.31. The lowest BCUT2D eigenvalue weighted by atomic mass is 10.1. The molecule has 3 heterocycles. The molecule has 0 bridgehead atoms. The number of nitriles is 1. The van der Waals surface area contributed by atoms with E-state index in [1.807, 2.05) is 35.2 Å². The van der Waals surface area contributed by atoms with Gasteiger partial charge >= 0.3 is 0 Å². The van der Waals surface area contributed by atoms with E-state index < -0.39 is 0 Å². The lowest BCUT2D eigenvalue weighted by molar-refractivity contribution is 0.0652. The Hall–Kier alpha value is -2.85. The summed E-state index contributed by atoms with van der Waals surface area (Å²) in [4.78, 5) is 21.7. The molecule has 1 aromatic heterocycles. The Bertz CT molecular complexity index is 958. The van der Waals surface area contributed by atoms with Gasteiger partial charge in [0.25, 0.3) is 5.91 Å². The van der Waals surface area contributed by atoms with Gasteiger partial charge in [0.15, 0.2) is 0 Å². The number of anilines is 2. The fourth-order valence-corrected chi connectivity index (χ4v) is 3.99. The van der Waals surface area contributed by atoms with Gasteiger partial charge in [0.2, 0.25) is 0 Å². The zero-order valence-corrected chi connectivity index (χ0v) is 16.5. The van der Waals surface area contributed by atoms with Crippen LogP contribution >= 0.6 is 12.2 Å². The third-order valence-corrected chi connectivity index (χ3v) is 5.83. The number of H-pyrrole nitrogens is 1. The van der Waals surface area contributed by atoms with Crippen molar-refractivity contribution in [2.75, 3.05) is 49.1 Å². The van der Waals surface area contributed by atoms with Crippen molar-refractivity contribution in [1.82, 2.24) is 9.88 Å². The number of benzene rings is 1. The summed E-state index contributed by atoms with van der Waals surface area (Å²) in [5.74, 6) is 0.129. The van der Waals surface area contributed by atoms with Gasteiger partial charge in [-0.2, -0.15) is 5.26 Å². The normalized spacial score (nSPS) is 16.9. The summed E-state index contributed by atoms with van der Waals surface area (Å²) < 4.78 is 0.489. The van der Waals surface area contributed by atoms with Gasteiger partial charge in [-0.05, 0) is 43.2 Å². The molecule has 0 saturated carbocycles. The van der Waals surface area contributed by atoms with E-state index in [1.54, 1.807) is 6.20 Å². The van der Waals surface area contributed by atoms with Crippen molar-refractivity contribution in [3.05, 3.63) is 52.3 Å². The molecule has 1 amide bonds. The Balaban J connectivity index is 1.46. The maximum Gasteiger partial charge on any atom is 0.253 e. The first-order valence-corrected chi connectivity index (χ1v) is 10.1. The molecule has 6 nitrogen and oxygen atoms in total. The van der Waals surface area contributed by atoms with E-state index in [2.05, 4.69) is 20.9 Å². The number of amides is 1. The quantitative estimate of drug-likeness (QED) is 0.812. The number of likely N-dealkylation sites (tertiary alicyclic amines) is 1. The van der Waals surface area contributed by atoms with Crippen LogP contribution in [0.15, 0.2) is 36.5 Å². The Labute approximate surface area is 170 Å². The van der Waals surface area contributed by atoms with Crippen molar-refractivity contribution in [3.8, 4) is 6.07 Å². The number of carbonyl (C=O) groups excluding carboxylic acids is 1. The summed E-state index contributed by atoms with van der Waals surface area (Å²) in [5, 5.41) is 9.46. The van der Waals surface area contributed by atoms with Crippen molar-refractivity contribution in [2.45, 2.75) is 12.8 Å². The molecule has 0 atom stereocenters. The Morgan fingerprint density at radius 2 is 1.64 bits per heavy atom. The zero-order chi connectivity index (χ0) is 19.5. The fraction of sp³-hybridized carbons (Fsp3) is 0.381. The fourth-order valence-electron chi connectivity index (χ4n) is 3.77. The number of aromatic nitrogens is 1. The highest BCUT2D eigenvalue weighted by atomic mass is 32.1. The topological polar surface area (TPSA) is 66.4 Å². The summed E-state index contributed by atoms with van der Waals surface area (Å²) in [6.45, 7) is 5.25. The van der Waals surface area contributed by atoms with Gasteiger partial charge in [-0.15, -0.1) is 0 Å². The molecule has 2 aliphatic heterocycles. The number of rotatable bonds is 3. The molecule has 4 rings (SSSR count). The molecular weight excluding hydrogens is 370 g/mol. The summed E-state index contributed by atoms with van der Waals surface area (Å²) in [7, 11) is 0. The molecule has 0 radical (unpaired) electrons. The van der Waals surface area contributed by atoms with Crippen LogP contribution in [-0.2, 0) is 0 Å². The van der Waals surface area contributed by atoms with Gasteiger partial charge in [0, 0.05) is 56.7 Å². The lowest BCUT2D eigenvalue weighted by Crippen LogP contribution is -2.42. The van der Waals surface area contributed by atoms with Crippen LogP contribution in [-0.4, -0.2) is 55.1 Å². The van der Waals surface area contributed by atoms with E-state index in [1.165, 1.54) is 0 Å². The van der Waals surface area contributed by atoms with Crippen LogP contribution in [0.3, 0.4) is 0 Å². The molecular formula is C21H23N5OS. The second-order valence-electron chi connectivity index (χ2n) is 7.20. The van der Waals surface area contributed by atoms with E-state index in [9.17, 15) is 10.1 Å². The van der Waals surface area contributed by atoms with Crippen molar-refractivity contribution in [1.29, 1.82) is 5.26 Å². The molecule has 2 saturated heterocycles. The first-order valence-electron chi connectivity index (χ1n) is 9.68. The first-order chi connectivity index (χ1) is 13.7. The number of nitrogens with zero attached hydrogens (tertiary/aromatic N) is 4. The number of pyridine rings is 1.